The average Bonchev–Trinajstić information content (AvgIpc) is 2.66. The summed E-state index contributed by atoms with van der Waals surface area (Å²) < 4.78 is 26.9. The SMILES string of the molecule is Cc1ccc(C(=O)CN(Cc2ccc(F)cc2)c2ccccn2)cc1F. The Balaban J connectivity index is 1.84. The number of anilines is 1. The molecule has 1 heterocycles. The van der Waals surface area contributed by atoms with E-state index in [1.807, 2.05) is 6.07 Å². The van der Waals surface area contributed by atoms with E-state index < -0.39 is 5.82 Å². The van der Waals surface area contributed by atoms with Crippen molar-refractivity contribution < 1.29 is 13.6 Å². The summed E-state index contributed by atoms with van der Waals surface area (Å²) in [4.78, 5) is 18.7. The lowest BCUT2D eigenvalue weighted by atomic mass is 10.1. The number of halogens is 2. The summed E-state index contributed by atoms with van der Waals surface area (Å²) in [6.07, 6.45) is 1.64. The smallest absolute Gasteiger partial charge is 0.182 e. The Morgan fingerprint density at radius 3 is 2.46 bits per heavy atom. The average molecular weight is 352 g/mol. The third-order valence-corrected chi connectivity index (χ3v) is 4.09. The van der Waals surface area contributed by atoms with Crippen molar-refractivity contribution in [2.24, 2.45) is 0 Å². The molecule has 0 atom stereocenters. The van der Waals surface area contributed by atoms with Crippen molar-refractivity contribution in [1.82, 2.24) is 4.98 Å². The van der Waals surface area contributed by atoms with Gasteiger partial charge in [0.25, 0.3) is 0 Å². The van der Waals surface area contributed by atoms with Gasteiger partial charge >= 0.3 is 0 Å². The molecule has 1 aromatic heterocycles. The van der Waals surface area contributed by atoms with Crippen LogP contribution in [0.5, 0.6) is 0 Å². The number of carbonyl (C=O) groups is 1. The van der Waals surface area contributed by atoms with Crippen molar-refractivity contribution in [3.8, 4) is 0 Å². The zero-order valence-electron chi connectivity index (χ0n) is 14.3. The molecule has 0 bridgehead atoms. The fraction of sp³-hybridized carbons (Fsp3) is 0.143. The molecule has 0 aliphatic rings. The lowest BCUT2D eigenvalue weighted by molar-refractivity contribution is 0.0998. The van der Waals surface area contributed by atoms with E-state index in [2.05, 4.69) is 4.98 Å². The number of pyridine rings is 1. The second-order valence-electron chi connectivity index (χ2n) is 6.06. The van der Waals surface area contributed by atoms with Crippen molar-refractivity contribution >= 4 is 11.6 Å². The first-order valence-corrected chi connectivity index (χ1v) is 8.23. The molecule has 0 radical (unpaired) electrons. The number of hydrogen-bond donors (Lipinski definition) is 0. The first-order valence-electron chi connectivity index (χ1n) is 8.23. The van der Waals surface area contributed by atoms with Crippen LogP contribution in [-0.4, -0.2) is 17.3 Å². The highest BCUT2D eigenvalue weighted by molar-refractivity contribution is 5.99. The van der Waals surface area contributed by atoms with Crippen LogP contribution in [-0.2, 0) is 6.54 Å². The summed E-state index contributed by atoms with van der Waals surface area (Å²) in [5.41, 5.74) is 1.66. The van der Waals surface area contributed by atoms with Crippen molar-refractivity contribution in [1.29, 1.82) is 0 Å². The summed E-state index contributed by atoms with van der Waals surface area (Å²) in [5, 5.41) is 0. The first kappa shape index (κ1) is 17.7. The number of ketones is 1. The molecule has 0 fully saturated rings. The Hall–Kier alpha value is -3.08. The van der Waals surface area contributed by atoms with Gasteiger partial charge in [-0.15, -0.1) is 0 Å². The van der Waals surface area contributed by atoms with Gasteiger partial charge in [0.15, 0.2) is 5.78 Å². The first-order chi connectivity index (χ1) is 12.5. The predicted octanol–water partition coefficient (Wildman–Crippen LogP) is 4.56. The van der Waals surface area contributed by atoms with E-state index in [-0.39, 0.29) is 18.1 Å². The van der Waals surface area contributed by atoms with E-state index in [0.717, 1.165) is 5.56 Å². The third kappa shape index (κ3) is 4.30. The van der Waals surface area contributed by atoms with Crippen LogP contribution in [0.2, 0.25) is 0 Å². The van der Waals surface area contributed by atoms with E-state index >= 15 is 0 Å². The minimum Gasteiger partial charge on any atom is -0.345 e. The lowest BCUT2D eigenvalue weighted by Crippen LogP contribution is -2.30. The maximum Gasteiger partial charge on any atom is 0.182 e. The molecule has 3 aromatic rings. The molecule has 2 aromatic carbocycles. The minimum atomic E-state index is -0.404. The fourth-order valence-electron chi connectivity index (χ4n) is 2.60. The Morgan fingerprint density at radius 1 is 1.04 bits per heavy atom. The molecule has 0 aliphatic heterocycles. The van der Waals surface area contributed by atoms with Crippen LogP contribution >= 0.6 is 0 Å². The van der Waals surface area contributed by atoms with Gasteiger partial charge in [0.05, 0.1) is 6.54 Å². The van der Waals surface area contributed by atoms with E-state index in [1.54, 1.807) is 54.4 Å². The molecule has 0 N–H and O–H groups in total. The van der Waals surface area contributed by atoms with Crippen LogP contribution in [0.15, 0.2) is 66.9 Å². The number of rotatable bonds is 6. The molecule has 3 nitrogen and oxygen atoms in total. The van der Waals surface area contributed by atoms with Gasteiger partial charge in [-0.1, -0.05) is 30.3 Å². The van der Waals surface area contributed by atoms with E-state index in [4.69, 9.17) is 0 Å². The number of carbonyl (C=O) groups excluding carboxylic acids is 1. The van der Waals surface area contributed by atoms with E-state index in [1.165, 1.54) is 18.2 Å². The van der Waals surface area contributed by atoms with Gasteiger partial charge in [-0.3, -0.25) is 4.79 Å². The number of hydrogen-bond acceptors (Lipinski definition) is 3. The summed E-state index contributed by atoms with van der Waals surface area (Å²) in [7, 11) is 0. The number of benzene rings is 2. The zero-order valence-corrected chi connectivity index (χ0v) is 14.3. The molecule has 0 unspecified atom stereocenters. The summed E-state index contributed by atoms with van der Waals surface area (Å²) in [5.74, 6) is -0.308. The number of aromatic nitrogens is 1. The Bertz CT molecular complexity index is 896. The van der Waals surface area contributed by atoms with Gasteiger partial charge in [0.2, 0.25) is 0 Å². The molecule has 26 heavy (non-hydrogen) atoms. The molecule has 0 aliphatic carbocycles. The quantitative estimate of drug-likeness (QED) is 0.610. The highest BCUT2D eigenvalue weighted by Gasteiger charge is 2.16. The number of aryl methyl sites for hydroxylation is 1. The largest absolute Gasteiger partial charge is 0.345 e. The maximum atomic E-state index is 13.8. The second kappa shape index (κ2) is 7.87. The fourth-order valence-corrected chi connectivity index (χ4v) is 2.60. The van der Waals surface area contributed by atoms with Gasteiger partial charge in [-0.05, 0) is 48.4 Å². The molecule has 3 rings (SSSR count). The zero-order chi connectivity index (χ0) is 18.5. The normalized spacial score (nSPS) is 10.6. The molecule has 0 amide bonds. The lowest BCUT2D eigenvalue weighted by Gasteiger charge is -2.23. The summed E-state index contributed by atoms with van der Waals surface area (Å²) in [6, 6.07) is 16.0. The Labute approximate surface area is 150 Å². The van der Waals surface area contributed by atoms with Crippen molar-refractivity contribution in [2.45, 2.75) is 13.5 Å². The summed E-state index contributed by atoms with van der Waals surface area (Å²) >= 11 is 0. The molecule has 0 saturated heterocycles. The monoisotopic (exact) mass is 352 g/mol. The van der Waals surface area contributed by atoms with Crippen molar-refractivity contribution in [3.63, 3.8) is 0 Å². The van der Waals surface area contributed by atoms with Crippen LogP contribution in [0.4, 0.5) is 14.6 Å². The van der Waals surface area contributed by atoms with Gasteiger partial charge in [0, 0.05) is 18.3 Å². The highest BCUT2D eigenvalue weighted by Crippen LogP contribution is 2.17. The van der Waals surface area contributed by atoms with E-state index in [0.29, 0.717) is 23.5 Å². The van der Waals surface area contributed by atoms with Gasteiger partial charge in [-0.2, -0.15) is 0 Å². The van der Waals surface area contributed by atoms with Crippen LogP contribution in [0, 0.1) is 18.6 Å². The maximum absolute atomic E-state index is 13.8. The second-order valence-corrected chi connectivity index (χ2v) is 6.06. The molecular formula is C21H18F2N2O. The highest BCUT2D eigenvalue weighted by atomic mass is 19.1. The van der Waals surface area contributed by atoms with Crippen LogP contribution in [0.1, 0.15) is 21.5 Å². The van der Waals surface area contributed by atoms with Gasteiger partial charge in [0.1, 0.15) is 17.5 Å². The number of Topliss-reactive ketones (excluding diaryl/α,β-unsaturated/α-hetero) is 1. The van der Waals surface area contributed by atoms with Crippen LogP contribution < -0.4 is 4.90 Å². The summed E-state index contributed by atoms with van der Waals surface area (Å²) in [6.45, 7) is 2.08. The predicted molar refractivity (Wildman–Crippen MR) is 97.2 cm³/mol. The number of nitrogens with zero attached hydrogens (tertiary/aromatic N) is 2. The third-order valence-electron chi connectivity index (χ3n) is 4.09. The topological polar surface area (TPSA) is 33.2 Å². The van der Waals surface area contributed by atoms with Gasteiger partial charge in [-0.25, -0.2) is 13.8 Å². The van der Waals surface area contributed by atoms with Crippen molar-refractivity contribution in [2.75, 3.05) is 11.4 Å². The molecule has 5 heteroatoms. The standard InChI is InChI=1S/C21H18F2N2O/c1-15-5-8-17(12-19(15)23)20(26)14-25(21-4-2-3-11-24-21)13-16-6-9-18(22)10-7-16/h2-12H,13-14H2,1H3. The van der Waals surface area contributed by atoms with Crippen LogP contribution in [0.3, 0.4) is 0 Å². The Kier molecular flexibility index (Phi) is 5.37. The van der Waals surface area contributed by atoms with Crippen molar-refractivity contribution in [3.05, 3.63) is 95.2 Å². The van der Waals surface area contributed by atoms with E-state index in [9.17, 15) is 13.6 Å². The molecule has 0 saturated carbocycles. The van der Waals surface area contributed by atoms with Gasteiger partial charge < -0.3 is 4.90 Å². The minimum absolute atomic E-state index is 0.0386. The molecule has 0 spiro atoms. The molecular weight excluding hydrogens is 334 g/mol. The Morgan fingerprint density at radius 2 is 1.81 bits per heavy atom. The molecule has 132 valence electrons. The van der Waals surface area contributed by atoms with Crippen LogP contribution in [0.25, 0.3) is 0 Å².